The quantitative estimate of drug-likeness (QED) is 0.189. The lowest BCUT2D eigenvalue weighted by Gasteiger charge is -2.27. The number of methoxy groups -OCH3 is 2. The van der Waals surface area contributed by atoms with Crippen molar-refractivity contribution in [2.24, 2.45) is 0 Å². The zero-order valence-corrected chi connectivity index (χ0v) is 25.7. The molecule has 0 aliphatic carbocycles. The van der Waals surface area contributed by atoms with Crippen LogP contribution in [-0.4, -0.2) is 52.2 Å². The summed E-state index contributed by atoms with van der Waals surface area (Å²) in [6, 6.07) is 17.1. The number of sulfonamides is 1. The van der Waals surface area contributed by atoms with Crippen LogP contribution in [0.25, 0.3) is 0 Å². The molecule has 3 aromatic carbocycles. The summed E-state index contributed by atoms with van der Waals surface area (Å²) < 4.78 is 55.6. The standard InChI is InChI=1S/C30H32ClFN4O4S2/c1-39-23-11-10-22(28(16-23)40-2)19-36(30-33-12-15-41-30)42(37,38)29-17-24(31)26(18-25(29)32)34-27(20-35-13-6-7-14-35)21-8-4-3-5-9-21/h3-5,8-12,15-18,27,34H,6-7,13-14,19-20H2,1-2H3. The SMILES string of the molecule is COc1ccc(CN(c2nccs2)S(=O)(=O)c2cc(Cl)c(NC(CN3CCCC3)c3ccccc3)cc2F)c(OC)c1. The average Bonchev–Trinajstić information content (AvgIpc) is 3.72. The first-order chi connectivity index (χ1) is 20.3. The molecule has 1 saturated heterocycles. The number of nitrogens with one attached hydrogen (secondary N) is 1. The molecule has 0 bridgehead atoms. The van der Waals surface area contributed by atoms with Gasteiger partial charge >= 0.3 is 0 Å². The molecule has 1 unspecified atom stereocenters. The van der Waals surface area contributed by atoms with Gasteiger partial charge in [-0.2, -0.15) is 0 Å². The smallest absolute Gasteiger partial charge is 0.269 e. The first-order valence-corrected chi connectivity index (χ1v) is 16.2. The number of thiazole rings is 1. The maximum Gasteiger partial charge on any atom is 0.269 e. The number of benzene rings is 3. The number of hydrogen-bond acceptors (Lipinski definition) is 8. The Bertz CT molecular complexity index is 1600. The summed E-state index contributed by atoms with van der Waals surface area (Å²) in [7, 11) is -1.42. The Labute approximate surface area is 254 Å². The van der Waals surface area contributed by atoms with E-state index >= 15 is 4.39 Å². The van der Waals surface area contributed by atoms with Crippen molar-refractivity contribution in [3.63, 3.8) is 0 Å². The lowest BCUT2D eigenvalue weighted by molar-refractivity contribution is 0.323. The lowest BCUT2D eigenvalue weighted by Crippen LogP contribution is -2.31. The van der Waals surface area contributed by atoms with Gasteiger partial charge in [0.1, 0.15) is 22.2 Å². The normalized spacial score (nSPS) is 14.5. The molecule has 2 heterocycles. The van der Waals surface area contributed by atoms with E-state index in [1.807, 2.05) is 30.3 Å². The van der Waals surface area contributed by atoms with E-state index in [2.05, 4.69) is 15.2 Å². The molecular weight excluding hydrogens is 599 g/mol. The molecule has 8 nitrogen and oxygen atoms in total. The first-order valence-electron chi connectivity index (χ1n) is 13.5. The maximum atomic E-state index is 15.8. The molecule has 4 aromatic rings. The second kappa shape index (κ2) is 13.3. The third-order valence-electron chi connectivity index (χ3n) is 7.20. The van der Waals surface area contributed by atoms with Crippen LogP contribution in [0.2, 0.25) is 5.02 Å². The third kappa shape index (κ3) is 6.64. The largest absolute Gasteiger partial charge is 0.497 e. The summed E-state index contributed by atoms with van der Waals surface area (Å²) in [4.78, 5) is 6.02. The Hall–Kier alpha value is -3.38. The number of aromatic nitrogens is 1. The highest BCUT2D eigenvalue weighted by molar-refractivity contribution is 7.93. The highest BCUT2D eigenvalue weighted by Gasteiger charge is 2.32. The fraction of sp³-hybridized carbons (Fsp3) is 0.300. The minimum absolute atomic E-state index is 0.0958. The maximum absolute atomic E-state index is 15.8. The van der Waals surface area contributed by atoms with Gasteiger partial charge in [-0.25, -0.2) is 22.1 Å². The van der Waals surface area contributed by atoms with Gasteiger partial charge in [0, 0.05) is 29.8 Å². The second-order valence-corrected chi connectivity index (χ2v) is 13.0. The molecule has 1 fully saturated rings. The molecule has 5 rings (SSSR count). The lowest BCUT2D eigenvalue weighted by atomic mass is 10.1. The molecule has 1 aliphatic rings. The number of anilines is 2. The van der Waals surface area contributed by atoms with Crippen molar-refractivity contribution in [1.82, 2.24) is 9.88 Å². The van der Waals surface area contributed by atoms with Gasteiger partial charge in [0.15, 0.2) is 5.13 Å². The van der Waals surface area contributed by atoms with Gasteiger partial charge in [0.2, 0.25) is 0 Å². The van der Waals surface area contributed by atoms with E-state index in [-0.39, 0.29) is 22.7 Å². The molecule has 1 aliphatic heterocycles. The van der Waals surface area contributed by atoms with Gasteiger partial charge in [-0.05, 0) is 55.8 Å². The zero-order valence-electron chi connectivity index (χ0n) is 23.3. The predicted octanol–water partition coefficient (Wildman–Crippen LogP) is 6.60. The van der Waals surface area contributed by atoms with E-state index in [0.717, 1.165) is 53.2 Å². The molecule has 222 valence electrons. The van der Waals surface area contributed by atoms with Crippen LogP contribution in [0.1, 0.15) is 30.0 Å². The average molecular weight is 631 g/mol. The molecule has 1 N–H and O–H groups in total. The van der Waals surface area contributed by atoms with Crippen LogP contribution in [0.15, 0.2) is 77.1 Å². The molecule has 1 atom stereocenters. The van der Waals surface area contributed by atoms with Crippen molar-refractivity contribution >= 4 is 43.8 Å². The molecule has 0 radical (unpaired) electrons. The van der Waals surface area contributed by atoms with Crippen LogP contribution in [0.5, 0.6) is 11.5 Å². The van der Waals surface area contributed by atoms with Gasteiger partial charge in [-0.1, -0.05) is 41.9 Å². The van der Waals surface area contributed by atoms with Gasteiger partial charge < -0.3 is 19.7 Å². The number of likely N-dealkylation sites (tertiary alicyclic amines) is 1. The van der Waals surface area contributed by atoms with Gasteiger partial charge in [0.05, 0.1) is 37.5 Å². The van der Waals surface area contributed by atoms with Crippen molar-refractivity contribution in [3.8, 4) is 11.5 Å². The van der Waals surface area contributed by atoms with E-state index in [4.69, 9.17) is 21.1 Å². The van der Waals surface area contributed by atoms with Crippen LogP contribution in [0.4, 0.5) is 15.2 Å². The van der Waals surface area contributed by atoms with E-state index in [1.165, 1.54) is 26.5 Å². The summed E-state index contributed by atoms with van der Waals surface area (Å²) in [5, 5.41) is 5.30. The minimum Gasteiger partial charge on any atom is -0.497 e. The fourth-order valence-corrected chi connectivity index (χ4v) is 7.64. The molecule has 12 heteroatoms. The van der Waals surface area contributed by atoms with Crippen LogP contribution in [-0.2, 0) is 16.6 Å². The van der Waals surface area contributed by atoms with Crippen LogP contribution < -0.4 is 19.1 Å². The fourth-order valence-electron chi connectivity index (χ4n) is 5.02. The van der Waals surface area contributed by atoms with Crippen molar-refractivity contribution in [2.75, 3.05) is 43.5 Å². The molecule has 42 heavy (non-hydrogen) atoms. The Morgan fingerprint density at radius 2 is 1.86 bits per heavy atom. The molecule has 0 saturated carbocycles. The minimum atomic E-state index is -4.43. The molecular formula is C30H32ClFN4O4S2. The van der Waals surface area contributed by atoms with Crippen molar-refractivity contribution in [3.05, 3.63) is 94.2 Å². The molecule has 1 aromatic heterocycles. The van der Waals surface area contributed by atoms with Crippen LogP contribution >= 0.6 is 22.9 Å². The topological polar surface area (TPSA) is 84.0 Å². The van der Waals surface area contributed by atoms with Gasteiger partial charge in [0.25, 0.3) is 10.0 Å². The van der Waals surface area contributed by atoms with Crippen LogP contribution in [0.3, 0.4) is 0 Å². The van der Waals surface area contributed by atoms with Gasteiger partial charge in [-0.3, -0.25) is 0 Å². The second-order valence-electron chi connectivity index (χ2n) is 9.88. The highest BCUT2D eigenvalue weighted by atomic mass is 35.5. The van der Waals surface area contributed by atoms with E-state index in [1.54, 1.807) is 23.6 Å². The number of ether oxygens (including phenoxy) is 2. The highest BCUT2D eigenvalue weighted by Crippen LogP contribution is 2.36. The van der Waals surface area contributed by atoms with Crippen LogP contribution in [0, 0.1) is 5.82 Å². The Kier molecular flexibility index (Phi) is 9.52. The summed E-state index contributed by atoms with van der Waals surface area (Å²) in [6.07, 6.45) is 3.77. The third-order valence-corrected chi connectivity index (χ3v) is 10.2. The molecule has 0 spiro atoms. The Morgan fingerprint density at radius 1 is 1.10 bits per heavy atom. The number of hydrogen-bond donors (Lipinski definition) is 1. The summed E-state index contributed by atoms with van der Waals surface area (Å²) in [6.45, 7) is 2.56. The molecule has 0 amide bonds. The van der Waals surface area contributed by atoms with E-state index in [0.29, 0.717) is 29.3 Å². The summed E-state index contributed by atoms with van der Waals surface area (Å²) >= 11 is 7.78. The zero-order chi connectivity index (χ0) is 29.7. The van der Waals surface area contributed by atoms with E-state index in [9.17, 15) is 8.42 Å². The Morgan fingerprint density at radius 3 is 2.52 bits per heavy atom. The summed E-state index contributed by atoms with van der Waals surface area (Å²) in [5.74, 6) is 0.0611. The number of nitrogens with zero attached hydrogens (tertiary/aromatic N) is 3. The number of rotatable bonds is 12. The van der Waals surface area contributed by atoms with E-state index < -0.39 is 20.7 Å². The Balaban J connectivity index is 1.48. The van der Waals surface area contributed by atoms with Crippen molar-refractivity contribution < 1.29 is 22.3 Å². The van der Waals surface area contributed by atoms with Gasteiger partial charge in [-0.15, -0.1) is 11.3 Å². The summed E-state index contributed by atoms with van der Waals surface area (Å²) in [5.41, 5.74) is 1.90. The predicted molar refractivity (Wildman–Crippen MR) is 165 cm³/mol. The van der Waals surface area contributed by atoms with Crippen molar-refractivity contribution in [2.45, 2.75) is 30.3 Å². The number of halogens is 2. The van der Waals surface area contributed by atoms with Crippen molar-refractivity contribution in [1.29, 1.82) is 0 Å². The first kappa shape index (κ1) is 30.1. The monoisotopic (exact) mass is 630 g/mol.